The largest absolute Gasteiger partial charge is 0.478 e. The van der Waals surface area contributed by atoms with E-state index in [2.05, 4.69) is 0 Å². The van der Waals surface area contributed by atoms with Crippen molar-refractivity contribution >= 4 is 11.9 Å². The van der Waals surface area contributed by atoms with E-state index in [0.29, 0.717) is 30.2 Å². The molecule has 3 heterocycles. The zero-order chi connectivity index (χ0) is 18.3. The number of rotatable bonds is 4. The van der Waals surface area contributed by atoms with Gasteiger partial charge < -0.3 is 23.9 Å². The van der Waals surface area contributed by atoms with E-state index in [0.717, 1.165) is 18.4 Å². The molecule has 1 amide bonds. The molecule has 1 N–H and O–H groups in total. The zero-order valence-electron chi connectivity index (χ0n) is 14.4. The highest BCUT2D eigenvalue weighted by molar-refractivity contribution is 5.96. The number of benzene rings is 1. The van der Waals surface area contributed by atoms with Gasteiger partial charge in [-0.25, -0.2) is 4.79 Å². The number of hydrogen-bond acceptors (Lipinski definition) is 5. The second-order valence-corrected chi connectivity index (χ2v) is 6.38. The van der Waals surface area contributed by atoms with E-state index in [9.17, 15) is 14.7 Å². The molecule has 1 unspecified atom stereocenters. The Morgan fingerprint density at radius 3 is 2.77 bits per heavy atom. The maximum atomic E-state index is 13.0. The molecule has 2 aromatic rings. The number of aryl methyl sites for hydroxylation is 1. The Bertz CT molecular complexity index is 871. The van der Waals surface area contributed by atoms with Crippen LogP contribution < -0.4 is 9.47 Å². The summed E-state index contributed by atoms with van der Waals surface area (Å²) < 4.78 is 16.3. The summed E-state index contributed by atoms with van der Waals surface area (Å²) in [5.74, 6) is 0.410. The Kier molecular flexibility index (Phi) is 4.06. The van der Waals surface area contributed by atoms with Gasteiger partial charge in [-0.3, -0.25) is 4.79 Å². The van der Waals surface area contributed by atoms with Crippen molar-refractivity contribution in [2.75, 3.05) is 13.3 Å². The number of furan rings is 1. The minimum Gasteiger partial charge on any atom is -0.478 e. The molecule has 1 atom stereocenters. The smallest absolute Gasteiger partial charge is 0.339 e. The summed E-state index contributed by atoms with van der Waals surface area (Å²) in [5, 5.41) is 9.27. The van der Waals surface area contributed by atoms with Crippen molar-refractivity contribution < 1.29 is 28.6 Å². The number of amides is 1. The van der Waals surface area contributed by atoms with Crippen molar-refractivity contribution in [3.05, 3.63) is 46.9 Å². The Hall–Kier alpha value is -2.96. The lowest BCUT2D eigenvalue weighted by Crippen LogP contribution is -2.30. The summed E-state index contributed by atoms with van der Waals surface area (Å²) in [6, 6.07) is 6.93. The van der Waals surface area contributed by atoms with Gasteiger partial charge >= 0.3 is 5.97 Å². The summed E-state index contributed by atoms with van der Waals surface area (Å²) in [6.07, 6.45) is 2.12. The Labute approximate surface area is 150 Å². The number of aromatic carboxylic acids is 1. The highest BCUT2D eigenvalue weighted by Gasteiger charge is 2.34. The molecule has 0 saturated carbocycles. The van der Waals surface area contributed by atoms with Gasteiger partial charge in [0.15, 0.2) is 17.3 Å². The molecule has 136 valence electrons. The number of likely N-dealkylation sites (tertiary alicyclic amines) is 1. The van der Waals surface area contributed by atoms with Crippen LogP contribution in [-0.4, -0.2) is 35.2 Å². The van der Waals surface area contributed by atoms with Gasteiger partial charge in [0.1, 0.15) is 11.3 Å². The molecule has 0 spiro atoms. The van der Waals surface area contributed by atoms with Crippen LogP contribution in [0.3, 0.4) is 0 Å². The predicted octanol–water partition coefficient (Wildman–Crippen LogP) is 3.25. The third-order valence-electron chi connectivity index (χ3n) is 4.87. The van der Waals surface area contributed by atoms with Crippen LogP contribution in [0.1, 0.15) is 58.0 Å². The first-order valence-corrected chi connectivity index (χ1v) is 8.65. The van der Waals surface area contributed by atoms with Crippen LogP contribution in [0.5, 0.6) is 11.5 Å². The van der Waals surface area contributed by atoms with Crippen LogP contribution >= 0.6 is 0 Å². The summed E-state index contributed by atoms with van der Waals surface area (Å²) in [5.41, 5.74) is 1.02. The second-order valence-electron chi connectivity index (χ2n) is 6.38. The Morgan fingerprint density at radius 2 is 2.04 bits per heavy atom. The van der Waals surface area contributed by atoms with Crippen LogP contribution in [0.4, 0.5) is 0 Å². The van der Waals surface area contributed by atoms with Crippen molar-refractivity contribution in [3.63, 3.8) is 0 Å². The van der Waals surface area contributed by atoms with Crippen LogP contribution in [0.2, 0.25) is 0 Å². The normalized spacial score (nSPS) is 18.3. The fourth-order valence-electron chi connectivity index (χ4n) is 3.60. The number of carboxylic acid groups (broad SMARTS) is 1. The van der Waals surface area contributed by atoms with Crippen LogP contribution in [0.25, 0.3) is 0 Å². The van der Waals surface area contributed by atoms with E-state index >= 15 is 0 Å². The van der Waals surface area contributed by atoms with E-state index in [4.69, 9.17) is 13.9 Å². The SMILES string of the molecule is CCc1oc(C(=O)N2CCCC2c2ccc3c(c2)OCO3)cc1C(=O)O. The molecule has 0 radical (unpaired) electrons. The quantitative estimate of drug-likeness (QED) is 0.903. The molecule has 0 aliphatic carbocycles. The minimum atomic E-state index is -1.08. The topological polar surface area (TPSA) is 89.2 Å². The van der Waals surface area contributed by atoms with Crippen molar-refractivity contribution in [2.24, 2.45) is 0 Å². The minimum absolute atomic E-state index is 0.0506. The summed E-state index contributed by atoms with van der Waals surface area (Å²) in [4.78, 5) is 26.0. The third kappa shape index (κ3) is 2.69. The van der Waals surface area contributed by atoms with Crippen LogP contribution in [-0.2, 0) is 6.42 Å². The molecule has 2 aliphatic heterocycles. The monoisotopic (exact) mass is 357 g/mol. The molecule has 7 heteroatoms. The zero-order valence-corrected chi connectivity index (χ0v) is 14.4. The summed E-state index contributed by atoms with van der Waals surface area (Å²) in [6.45, 7) is 2.60. The lowest BCUT2D eigenvalue weighted by Gasteiger charge is -2.24. The van der Waals surface area contributed by atoms with Gasteiger partial charge in [0, 0.05) is 19.0 Å². The Morgan fingerprint density at radius 1 is 1.23 bits per heavy atom. The molecule has 26 heavy (non-hydrogen) atoms. The summed E-state index contributed by atoms with van der Waals surface area (Å²) in [7, 11) is 0. The lowest BCUT2D eigenvalue weighted by atomic mass is 10.0. The summed E-state index contributed by atoms with van der Waals surface area (Å²) >= 11 is 0. The average molecular weight is 357 g/mol. The first kappa shape index (κ1) is 16.5. The van der Waals surface area contributed by atoms with Crippen molar-refractivity contribution in [1.29, 1.82) is 0 Å². The third-order valence-corrected chi connectivity index (χ3v) is 4.87. The molecule has 7 nitrogen and oxygen atoms in total. The second kappa shape index (κ2) is 6.40. The molecule has 1 aromatic heterocycles. The van der Waals surface area contributed by atoms with E-state index in [1.165, 1.54) is 6.07 Å². The van der Waals surface area contributed by atoms with Gasteiger partial charge in [0.25, 0.3) is 5.91 Å². The lowest BCUT2D eigenvalue weighted by molar-refractivity contribution is 0.0687. The number of fused-ring (bicyclic) bond motifs is 1. The number of carbonyl (C=O) groups is 2. The molecule has 1 fully saturated rings. The van der Waals surface area contributed by atoms with Crippen molar-refractivity contribution in [3.8, 4) is 11.5 Å². The van der Waals surface area contributed by atoms with Crippen molar-refractivity contribution in [2.45, 2.75) is 32.2 Å². The fourth-order valence-corrected chi connectivity index (χ4v) is 3.60. The molecule has 1 aromatic carbocycles. The number of nitrogens with zero attached hydrogens (tertiary/aromatic N) is 1. The number of carbonyl (C=O) groups excluding carboxylic acids is 1. The first-order chi connectivity index (χ1) is 12.6. The first-order valence-electron chi connectivity index (χ1n) is 8.65. The van der Waals surface area contributed by atoms with Gasteiger partial charge in [0.2, 0.25) is 6.79 Å². The maximum absolute atomic E-state index is 13.0. The van der Waals surface area contributed by atoms with E-state index in [1.54, 1.807) is 11.8 Å². The standard InChI is InChI=1S/C19H19NO6/c1-2-14-12(19(22)23)9-17(26-14)18(21)20-7-3-4-13(20)11-5-6-15-16(8-11)25-10-24-15/h5-6,8-9,13H,2-4,7,10H2,1H3,(H,22,23). The van der Waals surface area contributed by atoms with Gasteiger partial charge in [-0.2, -0.15) is 0 Å². The number of carboxylic acids is 1. The highest BCUT2D eigenvalue weighted by Crippen LogP contribution is 2.39. The van der Waals surface area contributed by atoms with Gasteiger partial charge in [-0.15, -0.1) is 0 Å². The van der Waals surface area contributed by atoms with Crippen LogP contribution in [0, 0.1) is 0 Å². The van der Waals surface area contributed by atoms with Gasteiger partial charge in [-0.1, -0.05) is 13.0 Å². The predicted molar refractivity (Wildman–Crippen MR) is 90.6 cm³/mol. The molecular weight excluding hydrogens is 338 g/mol. The van der Waals surface area contributed by atoms with E-state index < -0.39 is 5.97 Å². The molecule has 4 rings (SSSR count). The molecule has 2 aliphatic rings. The van der Waals surface area contributed by atoms with Crippen molar-refractivity contribution in [1.82, 2.24) is 4.90 Å². The van der Waals surface area contributed by atoms with Gasteiger partial charge in [0.05, 0.1) is 6.04 Å². The molecular formula is C19H19NO6. The van der Waals surface area contributed by atoms with Gasteiger partial charge in [-0.05, 0) is 30.5 Å². The average Bonchev–Trinajstić information content (AvgIpc) is 3.38. The number of hydrogen-bond donors (Lipinski definition) is 1. The van der Waals surface area contributed by atoms with Crippen LogP contribution in [0.15, 0.2) is 28.7 Å². The Balaban J connectivity index is 1.62. The molecule has 0 bridgehead atoms. The highest BCUT2D eigenvalue weighted by atomic mass is 16.7. The fraction of sp³-hybridized carbons (Fsp3) is 0.368. The van der Waals surface area contributed by atoms with E-state index in [-0.39, 0.29) is 30.1 Å². The molecule has 1 saturated heterocycles. The van der Waals surface area contributed by atoms with E-state index in [1.807, 2.05) is 18.2 Å². The number of ether oxygens (including phenoxy) is 2. The maximum Gasteiger partial charge on any atom is 0.339 e.